The van der Waals surface area contributed by atoms with Crippen molar-refractivity contribution in [2.75, 3.05) is 0 Å². The van der Waals surface area contributed by atoms with Crippen LogP contribution in [0.3, 0.4) is 0 Å². The first-order valence-corrected chi connectivity index (χ1v) is 10.9. The van der Waals surface area contributed by atoms with Crippen molar-refractivity contribution in [3.05, 3.63) is 41.7 Å². The smallest absolute Gasteiger partial charge is 0.0529 e. The first kappa shape index (κ1) is 16.1. The first-order chi connectivity index (χ1) is 11.9. The van der Waals surface area contributed by atoms with Gasteiger partial charge in [-0.1, -0.05) is 51.1 Å². The van der Waals surface area contributed by atoms with E-state index in [4.69, 9.17) is 0 Å². The van der Waals surface area contributed by atoms with E-state index in [0.717, 1.165) is 17.8 Å². The van der Waals surface area contributed by atoms with Crippen LogP contribution in [0, 0.1) is 17.8 Å². The summed E-state index contributed by atoms with van der Waals surface area (Å²) >= 11 is 0. The minimum Gasteiger partial charge on any atom is -0.317 e. The molecule has 4 aliphatic rings. The van der Waals surface area contributed by atoms with Crippen LogP contribution in [0.15, 0.2) is 36.4 Å². The summed E-state index contributed by atoms with van der Waals surface area (Å²) in [7, 11) is 1.46. The van der Waals surface area contributed by atoms with Crippen molar-refractivity contribution in [2.24, 2.45) is 17.8 Å². The van der Waals surface area contributed by atoms with Crippen LogP contribution < -0.4 is 0 Å². The SMILES string of the molecule is CC(C)(C)c1cc(-c2ccccc2)n(C23CC4CC(CC(C4)C2)C3)p1. The lowest BCUT2D eigenvalue weighted by Gasteiger charge is -2.57. The summed E-state index contributed by atoms with van der Waals surface area (Å²) in [6.07, 6.45) is 8.87. The lowest BCUT2D eigenvalue weighted by molar-refractivity contribution is -0.0367. The molecule has 0 N–H and O–H groups in total. The second kappa shape index (κ2) is 5.46. The molecule has 0 radical (unpaired) electrons. The van der Waals surface area contributed by atoms with Crippen molar-refractivity contribution < 1.29 is 0 Å². The standard InChI is InChI=1S/C23H30NP/c1-22(2,3)21-12-20(19-7-5-4-6-8-19)24(25-21)23-13-16-9-17(14-23)11-18(10-16)15-23/h4-8,12,16-18H,9-11,13-15H2,1-3H3. The third kappa shape index (κ3) is 2.62. The molecular weight excluding hydrogens is 321 g/mol. The minimum atomic E-state index is 0.249. The summed E-state index contributed by atoms with van der Waals surface area (Å²) in [6, 6.07) is 13.7. The molecule has 0 atom stereocenters. The molecule has 2 heteroatoms. The largest absolute Gasteiger partial charge is 0.317 e. The van der Waals surface area contributed by atoms with Gasteiger partial charge in [0.05, 0.1) is 5.69 Å². The fourth-order valence-electron chi connectivity index (χ4n) is 6.25. The number of rotatable bonds is 2. The number of aromatic nitrogens is 1. The third-order valence-electron chi connectivity index (χ3n) is 7.00. The minimum absolute atomic E-state index is 0.249. The summed E-state index contributed by atoms with van der Waals surface area (Å²) in [5, 5.41) is 1.59. The molecule has 0 spiro atoms. The predicted molar refractivity (Wildman–Crippen MR) is 107 cm³/mol. The van der Waals surface area contributed by atoms with Crippen LogP contribution in [0.25, 0.3) is 11.3 Å². The Morgan fingerprint density at radius 1 is 0.920 bits per heavy atom. The second-order valence-electron chi connectivity index (χ2n) is 10.1. The Bertz CT molecular complexity index is 745. The zero-order valence-corrected chi connectivity index (χ0v) is 16.7. The summed E-state index contributed by atoms with van der Waals surface area (Å²) in [5.74, 6) is 2.99. The van der Waals surface area contributed by atoms with Crippen molar-refractivity contribution in [2.45, 2.75) is 70.3 Å². The van der Waals surface area contributed by atoms with Gasteiger partial charge >= 0.3 is 0 Å². The maximum atomic E-state index is 2.84. The molecule has 2 aromatic rings. The van der Waals surface area contributed by atoms with E-state index in [1.807, 2.05) is 0 Å². The molecule has 1 heterocycles. The van der Waals surface area contributed by atoms with E-state index < -0.39 is 0 Å². The molecule has 0 saturated heterocycles. The van der Waals surface area contributed by atoms with Gasteiger partial charge in [0.25, 0.3) is 0 Å². The number of nitrogens with zero attached hydrogens (tertiary/aromatic N) is 1. The molecule has 4 bridgehead atoms. The molecule has 0 amide bonds. The van der Waals surface area contributed by atoms with E-state index in [2.05, 4.69) is 61.5 Å². The summed E-state index contributed by atoms with van der Waals surface area (Å²) in [5.41, 5.74) is 3.59. The number of benzene rings is 1. The van der Waals surface area contributed by atoms with E-state index >= 15 is 0 Å². The van der Waals surface area contributed by atoms with Crippen LogP contribution in [0.4, 0.5) is 0 Å². The summed E-state index contributed by atoms with van der Waals surface area (Å²) < 4.78 is 2.84. The Labute approximate surface area is 154 Å². The maximum Gasteiger partial charge on any atom is 0.0529 e. The maximum absolute atomic E-state index is 2.84. The molecule has 4 aliphatic carbocycles. The molecule has 25 heavy (non-hydrogen) atoms. The van der Waals surface area contributed by atoms with E-state index in [1.54, 1.807) is 5.30 Å². The molecule has 0 aliphatic heterocycles. The van der Waals surface area contributed by atoms with E-state index in [1.165, 1.54) is 58.1 Å². The highest BCUT2D eigenvalue weighted by molar-refractivity contribution is 7.27. The molecule has 1 nitrogen and oxygen atoms in total. The number of hydrogen-bond donors (Lipinski definition) is 0. The van der Waals surface area contributed by atoms with Crippen LogP contribution in [-0.4, -0.2) is 4.33 Å². The van der Waals surface area contributed by atoms with Gasteiger partial charge in [0.1, 0.15) is 0 Å². The highest BCUT2D eigenvalue weighted by atomic mass is 31.0. The fraction of sp³-hybridized carbons (Fsp3) is 0.609. The van der Waals surface area contributed by atoms with Crippen molar-refractivity contribution in [1.29, 1.82) is 0 Å². The van der Waals surface area contributed by atoms with Crippen LogP contribution in [0.5, 0.6) is 0 Å². The van der Waals surface area contributed by atoms with Crippen LogP contribution >= 0.6 is 8.35 Å². The topological polar surface area (TPSA) is 4.93 Å². The highest BCUT2D eigenvalue weighted by Gasteiger charge is 2.52. The van der Waals surface area contributed by atoms with Crippen molar-refractivity contribution in [3.63, 3.8) is 0 Å². The monoisotopic (exact) mass is 351 g/mol. The molecule has 4 fully saturated rings. The molecule has 1 aromatic heterocycles. The Morgan fingerprint density at radius 2 is 1.48 bits per heavy atom. The normalized spacial score (nSPS) is 34.1. The van der Waals surface area contributed by atoms with Gasteiger partial charge in [-0.3, -0.25) is 0 Å². The van der Waals surface area contributed by atoms with Crippen molar-refractivity contribution in [1.82, 2.24) is 4.33 Å². The Morgan fingerprint density at radius 3 is 2.00 bits per heavy atom. The van der Waals surface area contributed by atoms with Gasteiger partial charge in [-0.15, -0.1) is 0 Å². The zero-order chi connectivity index (χ0) is 17.2. The molecule has 1 aromatic carbocycles. The Hall–Kier alpha value is -1.07. The summed E-state index contributed by atoms with van der Waals surface area (Å²) in [4.78, 5) is 0. The molecule has 132 valence electrons. The molecule has 0 unspecified atom stereocenters. The highest BCUT2D eigenvalue weighted by Crippen LogP contribution is 2.61. The second-order valence-corrected chi connectivity index (χ2v) is 11.2. The van der Waals surface area contributed by atoms with E-state index in [-0.39, 0.29) is 5.41 Å². The molecule has 4 saturated carbocycles. The lowest BCUT2D eigenvalue weighted by atomic mass is 9.53. The first-order valence-electron chi connectivity index (χ1n) is 10.1. The van der Waals surface area contributed by atoms with Gasteiger partial charge < -0.3 is 4.33 Å². The van der Waals surface area contributed by atoms with E-state index in [9.17, 15) is 0 Å². The molecular formula is C23H30NP. The van der Waals surface area contributed by atoms with Gasteiger partial charge in [-0.2, -0.15) is 0 Å². The van der Waals surface area contributed by atoms with Crippen LogP contribution in [-0.2, 0) is 11.0 Å². The lowest BCUT2D eigenvalue weighted by Crippen LogP contribution is -2.51. The van der Waals surface area contributed by atoms with Gasteiger partial charge in [-0.05, 0) is 73.3 Å². The number of hydrogen-bond acceptors (Lipinski definition) is 0. The summed E-state index contributed by atoms with van der Waals surface area (Å²) in [6.45, 7) is 7.12. The van der Waals surface area contributed by atoms with Gasteiger partial charge in [0.15, 0.2) is 0 Å². The van der Waals surface area contributed by atoms with E-state index in [0.29, 0.717) is 5.54 Å². The van der Waals surface area contributed by atoms with Crippen molar-refractivity contribution in [3.8, 4) is 11.3 Å². The van der Waals surface area contributed by atoms with Crippen LogP contribution in [0.1, 0.15) is 64.6 Å². The predicted octanol–water partition coefficient (Wildman–Crippen LogP) is 6.96. The average Bonchev–Trinajstić information content (AvgIpc) is 3.01. The van der Waals surface area contributed by atoms with Crippen molar-refractivity contribution >= 4 is 8.35 Å². The zero-order valence-electron chi connectivity index (χ0n) is 15.8. The van der Waals surface area contributed by atoms with Gasteiger partial charge in [0.2, 0.25) is 0 Å². The Kier molecular flexibility index (Phi) is 3.52. The quantitative estimate of drug-likeness (QED) is 0.551. The van der Waals surface area contributed by atoms with Gasteiger partial charge in [0, 0.05) is 19.2 Å². The van der Waals surface area contributed by atoms with Crippen LogP contribution in [0.2, 0.25) is 0 Å². The molecule has 6 rings (SSSR count). The van der Waals surface area contributed by atoms with Gasteiger partial charge in [-0.25, -0.2) is 0 Å². The fourth-order valence-corrected chi connectivity index (χ4v) is 7.68. The Balaban J connectivity index is 1.67. The third-order valence-corrected chi connectivity index (χ3v) is 8.86. The average molecular weight is 351 g/mol.